The average molecular weight is 231 g/mol. The molecule has 0 aromatic rings. The zero-order valence-electron chi connectivity index (χ0n) is 5.15. The van der Waals surface area contributed by atoms with E-state index in [2.05, 4.69) is 20.2 Å². The van der Waals surface area contributed by atoms with Crippen molar-refractivity contribution in [3.05, 3.63) is 12.5 Å². The van der Waals surface area contributed by atoms with Crippen molar-refractivity contribution >= 4 is 13.6 Å². The van der Waals surface area contributed by atoms with E-state index in [0.29, 0.717) is 0 Å². The molecule has 0 aliphatic carbocycles. The summed E-state index contributed by atoms with van der Waals surface area (Å²) in [4.78, 5) is 1.42. The van der Waals surface area contributed by atoms with Gasteiger partial charge in [0.1, 0.15) is 0 Å². The van der Waals surface area contributed by atoms with Crippen molar-refractivity contribution in [1.82, 2.24) is 4.90 Å². The molecule has 0 N–H and O–H groups in total. The van der Waals surface area contributed by atoms with E-state index in [9.17, 15) is 5.11 Å². The van der Waals surface area contributed by atoms with Gasteiger partial charge in [0, 0.05) is 14.1 Å². The van der Waals surface area contributed by atoms with Gasteiger partial charge in [-0.25, -0.2) is 0 Å². The first-order valence-corrected chi connectivity index (χ1v) is 8.89. The van der Waals surface area contributed by atoms with E-state index in [0.717, 1.165) is 0 Å². The molecule has 0 saturated carbocycles. The minimum atomic E-state index is -0.157. The molecule has 0 fully saturated rings. The molecule has 0 spiro atoms. The first-order chi connectivity index (χ1) is 3.64. The monoisotopic (exact) mass is 229 g/mol. The standard InChI is InChI=1S/C4H9NO.BrH.Zn/c1-4(6)5(2)3;;/h6H,1H2,2-3H3;1H;/q;;+2/p-2. The van der Waals surface area contributed by atoms with Crippen molar-refractivity contribution in [2.75, 3.05) is 14.1 Å². The average Bonchev–Trinajstić information content (AvgIpc) is 1.72. The van der Waals surface area contributed by atoms with Crippen LogP contribution in [-0.4, -0.2) is 19.0 Å². The van der Waals surface area contributed by atoms with Crippen molar-refractivity contribution < 1.29 is 21.4 Å². The van der Waals surface area contributed by atoms with Crippen LogP contribution in [0.2, 0.25) is 0 Å². The Balaban J connectivity index is 0. The van der Waals surface area contributed by atoms with Crippen LogP contribution in [0.3, 0.4) is 0 Å². The molecular formula is C4H8BrNOZn. The van der Waals surface area contributed by atoms with Crippen LogP contribution < -0.4 is 5.11 Å². The zero-order chi connectivity index (χ0) is 7.15. The van der Waals surface area contributed by atoms with E-state index in [4.69, 9.17) is 0 Å². The molecule has 4 heteroatoms. The maximum absolute atomic E-state index is 9.96. The van der Waals surface area contributed by atoms with Crippen LogP contribution in [0.4, 0.5) is 0 Å². The first-order valence-electron chi connectivity index (χ1n) is 1.94. The molecule has 0 radical (unpaired) electrons. The molecular weight excluding hydrogens is 223 g/mol. The Morgan fingerprint density at radius 3 is 1.75 bits per heavy atom. The molecule has 0 rings (SSSR count). The molecule has 8 heavy (non-hydrogen) atoms. The van der Waals surface area contributed by atoms with E-state index < -0.39 is 0 Å². The second-order valence-electron chi connectivity index (χ2n) is 1.29. The Kier molecular flexibility index (Phi) is 10.5. The van der Waals surface area contributed by atoms with Gasteiger partial charge < -0.3 is 10.0 Å². The van der Waals surface area contributed by atoms with Gasteiger partial charge in [-0.1, -0.05) is 12.5 Å². The molecule has 0 heterocycles. The second kappa shape index (κ2) is 7.44. The van der Waals surface area contributed by atoms with E-state index in [1.807, 2.05) is 0 Å². The minimum absolute atomic E-state index is 0.157. The fourth-order valence-electron chi connectivity index (χ4n) is 0. The Hall–Kier alpha value is 0.443. The first kappa shape index (κ1) is 11.3. The molecule has 0 unspecified atom stereocenters. The Morgan fingerprint density at radius 1 is 1.62 bits per heavy atom. The third kappa shape index (κ3) is 9.67. The molecule has 0 amide bonds. The van der Waals surface area contributed by atoms with Gasteiger partial charge in [-0.3, -0.25) is 0 Å². The summed E-state index contributed by atoms with van der Waals surface area (Å²) in [6.45, 7) is 3.12. The van der Waals surface area contributed by atoms with Crippen LogP contribution in [0.15, 0.2) is 12.5 Å². The number of nitrogens with zero attached hydrogens (tertiary/aromatic N) is 1. The third-order valence-corrected chi connectivity index (χ3v) is 0.499. The summed E-state index contributed by atoms with van der Waals surface area (Å²) in [7, 11) is 3.32. The number of hydrogen-bond acceptors (Lipinski definition) is 2. The van der Waals surface area contributed by atoms with Crippen molar-refractivity contribution in [2.45, 2.75) is 0 Å². The van der Waals surface area contributed by atoms with Crippen molar-refractivity contribution in [2.24, 2.45) is 0 Å². The van der Waals surface area contributed by atoms with Gasteiger partial charge in [-0.05, 0) is 0 Å². The molecule has 0 atom stereocenters. The Morgan fingerprint density at radius 2 is 1.75 bits per heavy atom. The topological polar surface area (TPSA) is 26.3 Å². The van der Waals surface area contributed by atoms with Crippen molar-refractivity contribution in [3.8, 4) is 0 Å². The van der Waals surface area contributed by atoms with E-state index in [1.165, 1.54) is 21.2 Å². The summed E-state index contributed by atoms with van der Waals surface area (Å²) in [5, 5.41) is 9.96. The number of halogens is 1. The van der Waals surface area contributed by atoms with Crippen molar-refractivity contribution in [3.63, 3.8) is 0 Å². The molecule has 44 valence electrons. The third-order valence-electron chi connectivity index (χ3n) is 0.499. The van der Waals surface area contributed by atoms with Gasteiger partial charge in [0.05, 0.1) is 0 Å². The summed E-state index contributed by atoms with van der Waals surface area (Å²) in [5.74, 6) is -0.157. The maximum atomic E-state index is 9.96. The molecule has 0 saturated heterocycles. The fourth-order valence-corrected chi connectivity index (χ4v) is 0. The van der Waals surface area contributed by atoms with Crippen LogP contribution in [0.5, 0.6) is 0 Å². The van der Waals surface area contributed by atoms with Gasteiger partial charge in [0.15, 0.2) is 0 Å². The number of hydrogen-bond donors (Lipinski definition) is 0. The summed E-state index contributed by atoms with van der Waals surface area (Å²) >= 11 is 4.25. The van der Waals surface area contributed by atoms with E-state index in [-0.39, 0.29) is 5.88 Å². The molecule has 0 aromatic carbocycles. The molecule has 0 aliphatic heterocycles. The Bertz CT molecular complexity index is 67.1. The van der Waals surface area contributed by atoms with Gasteiger partial charge in [0.2, 0.25) is 0 Å². The summed E-state index contributed by atoms with van der Waals surface area (Å²) in [6, 6.07) is 0. The van der Waals surface area contributed by atoms with Gasteiger partial charge in [-0.15, -0.1) is 0 Å². The van der Waals surface area contributed by atoms with Crippen molar-refractivity contribution in [1.29, 1.82) is 0 Å². The van der Waals surface area contributed by atoms with Crippen LogP contribution in [-0.2, 0) is 16.3 Å². The predicted octanol–water partition coefficient (Wildman–Crippen LogP) is 0.223. The summed E-state index contributed by atoms with van der Waals surface area (Å²) in [5.41, 5.74) is 0. The van der Waals surface area contributed by atoms with Crippen LogP contribution in [0.1, 0.15) is 0 Å². The van der Waals surface area contributed by atoms with Crippen LogP contribution >= 0.6 is 13.6 Å². The van der Waals surface area contributed by atoms with E-state index in [1.54, 1.807) is 14.1 Å². The predicted molar refractivity (Wildman–Crippen MR) is 31.8 cm³/mol. The van der Waals surface area contributed by atoms with Gasteiger partial charge in [0.25, 0.3) is 0 Å². The summed E-state index contributed by atoms with van der Waals surface area (Å²) < 4.78 is 0. The van der Waals surface area contributed by atoms with Crippen LogP contribution in [0, 0.1) is 0 Å². The van der Waals surface area contributed by atoms with Gasteiger partial charge >= 0.3 is 30.0 Å². The van der Waals surface area contributed by atoms with E-state index >= 15 is 0 Å². The Labute approximate surface area is 66.6 Å². The normalized spacial score (nSPS) is 6.62. The quantitative estimate of drug-likeness (QED) is 0.477. The molecule has 2 nitrogen and oxygen atoms in total. The van der Waals surface area contributed by atoms with Gasteiger partial charge in [-0.2, -0.15) is 0 Å². The SMILES string of the molecule is C=C([O-])N(C)C.[Zn+][Br]. The second-order valence-corrected chi connectivity index (χ2v) is 1.29. The molecule has 0 aromatic heterocycles. The fraction of sp³-hybridized carbons (Fsp3) is 0.500. The number of rotatable bonds is 1. The zero-order valence-corrected chi connectivity index (χ0v) is 9.70. The van der Waals surface area contributed by atoms with Crippen LogP contribution in [0.25, 0.3) is 0 Å². The molecule has 0 bridgehead atoms. The summed E-state index contributed by atoms with van der Waals surface area (Å²) in [6.07, 6.45) is 0. The molecule has 0 aliphatic rings.